The van der Waals surface area contributed by atoms with Gasteiger partial charge in [0.1, 0.15) is 0 Å². The zero-order valence-corrected chi connectivity index (χ0v) is 11.7. The quantitative estimate of drug-likeness (QED) is 0.693. The molecule has 0 aromatic heterocycles. The number of piperidine rings is 1. The Kier molecular flexibility index (Phi) is 5.60. The molecule has 1 saturated heterocycles. The van der Waals surface area contributed by atoms with Crippen LogP contribution in [-0.4, -0.2) is 53.4 Å². The summed E-state index contributed by atoms with van der Waals surface area (Å²) in [6, 6.07) is -0.237. The summed E-state index contributed by atoms with van der Waals surface area (Å²) in [5, 5.41) is 20.8. The third-order valence-electron chi connectivity index (χ3n) is 4.05. The van der Waals surface area contributed by atoms with Gasteiger partial charge in [-0.05, 0) is 18.8 Å². The lowest BCUT2D eigenvalue weighted by Gasteiger charge is -2.44. The van der Waals surface area contributed by atoms with E-state index in [4.69, 9.17) is 5.11 Å². The summed E-state index contributed by atoms with van der Waals surface area (Å²) in [7, 11) is 0. The van der Waals surface area contributed by atoms with Gasteiger partial charge in [0, 0.05) is 25.0 Å². The van der Waals surface area contributed by atoms with Crippen LogP contribution in [-0.2, 0) is 4.79 Å². The molecule has 6 heteroatoms. The summed E-state index contributed by atoms with van der Waals surface area (Å²) in [5.74, 6) is -0.627. The number of hydrogen-bond acceptors (Lipinski definition) is 3. The topological polar surface area (TPSA) is 89.9 Å². The van der Waals surface area contributed by atoms with Crippen LogP contribution in [0.15, 0.2) is 0 Å². The van der Waals surface area contributed by atoms with Crippen LogP contribution in [0.3, 0.4) is 0 Å². The molecule has 1 heterocycles. The predicted octanol–water partition coefficient (Wildman–Crippen LogP) is 0.901. The van der Waals surface area contributed by atoms with Gasteiger partial charge >= 0.3 is 12.0 Å². The molecule has 0 spiro atoms. The average molecular weight is 272 g/mol. The standard InChI is InChI=1S/C13H24N2O4/c1-10(2)13(9-16)5-3-7-15(8-13)12(19)14-6-4-11(17)18/h10,16H,3-9H2,1-2H3,(H,14,19)(H,17,18). The number of hydrogen-bond donors (Lipinski definition) is 3. The maximum absolute atomic E-state index is 11.9. The number of carbonyl (C=O) groups is 2. The van der Waals surface area contributed by atoms with Crippen LogP contribution in [0.5, 0.6) is 0 Å². The number of nitrogens with zero attached hydrogens (tertiary/aromatic N) is 1. The zero-order chi connectivity index (χ0) is 14.5. The Bertz CT molecular complexity index is 333. The molecule has 1 fully saturated rings. The molecular formula is C13H24N2O4. The first kappa shape index (κ1) is 15.8. The normalized spacial score (nSPS) is 23.5. The van der Waals surface area contributed by atoms with E-state index in [0.717, 1.165) is 12.8 Å². The number of aliphatic hydroxyl groups excluding tert-OH is 1. The van der Waals surface area contributed by atoms with Gasteiger partial charge in [0.15, 0.2) is 0 Å². The number of aliphatic carboxylic acids is 1. The lowest BCUT2D eigenvalue weighted by Crippen LogP contribution is -2.53. The van der Waals surface area contributed by atoms with E-state index in [-0.39, 0.29) is 31.0 Å². The van der Waals surface area contributed by atoms with Crippen LogP contribution in [0.4, 0.5) is 4.79 Å². The molecular weight excluding hydrogens is 248 g/mol. The summed E-state index contributed by atoms with van der Waals surface area (Å²) in [4.78, 5) is 24.0. The fourth-order valence-corrected chi connectivity index (χ4v) is 2.50. The highest BCUT2D eigenvalue weighted by atomic mass is 16.4. The molecule has 0 aromatic rings. The Morgan fingerprint density at radius 1 is 1.42 bits per heavy atom. The number of aliphatic hydroxyl groups is 1. The van der Waals surface area contributed by atoms with Crippen molar-refractivity contribution < 1.29 is 19.8 Å². The maximum atomic E-state index is 11.9. The van der Waals surface area contributed by atoms with Gasteiger partial charge in [0.25, 0.3) is 0 Å². The number of carbonyl (C=O) groups excluding carboxylic acids is 1. The zero-order valence-electron chi connectivity index (χ0n) is 11.7. The second-order valence-electron chi connectivity index (χ2n) is 5.58. The van der Waals surface area contributed by atoms with Crippen molar-refractivity contribution in [2.45, 2.75) is 33.1 Å². The average Bonchev–Trinajstić information content (AvgIpc) is 2.38. The molecule has 1 rings (SSSR count). The summed E-state index contributed by atoms with van der Waals surface area (Å²) in [5.41, 5.74) is -0.234. The highest BCUT2D eigenvalue weighted by Gasteiger charge is 2.39. The van der Waals surface area contributed by atoms with Crippen LogP contribution in [0.25, 0.3) is 0 Å². The number of carboxylic acid groups (broad SMARTS) is 1. The Morgan fingerprint density at radius 3 is 2.63 bits per heavy atom. The van der Waals surface area contributed by atoms with Gasteiger partial charge in [-0.2, -0.15) is 0 Å². The monoisotopic (exact) mass is 272 g/mol. The van der Waals surface area contributed by atoms with Crippen LogP contribution >= 0.6 is 0 Å². The fourth-order valence-electron chi connectivity index (χ4n) is 2.50. The van der Waals surface area contributed by atoms with E-state index >= 15 is 0 Å². The van der Waals surface area contributed by atoms with Crippen molar-refractivity contribution in [1.29, 1.82) is 0 Å². The molecule has 110 valence electrons. The lowest BCUT2D eigenvalue weighted by molar-refractivity contribution is -0.136. The minimum absolute atomic E-state index is 0.0730. The maximum Gasteiger partial charge on any atom is 0.317 e. The summed E-state index contributed by atoms with van der Waals surface area (Å²) < 4.78 is 0. The highest BCUT2D eigenvalue weighted by molar-refractivity contribution is 5.75. The van der Waals surface area contributed by atoms with Crippen LogP contribution in [0.1, 0.15) is 33.1 Å². The lowest BCUT2D eigenvalue weighted by atomic mass is 9.72. The van der Waals surface area contributed by atoms with E-state index in [1.165, 1.54) is 0 Å². The first-order valence-corrected chi connectivity index (χ1v) is 6.77. The van der Waals surface area contributed by atoms with Crippen molar-refractivity contribution in [2.75, 3.05) is 26.2 Å². The third kappa shape index (κ3) is 4.09. The number of rotatable bonds is 5. The molecule has 1 aliphatic heterocycles. The molecule has 1 aliphatic rings. The van der Waals surface area contributed by atoms with Crippen molar-refractivity contribution in [1.82, 2.24) is 10.2 Å². The fraction of sp³-hybridized carbons (Fsp3) is 0.846. The number of carboxylic acids is 1. The molecule has 0 aliphatic carbocycles. The molecule has 1 unspecified atom stereocenters. The molecule has 2 amide bonds. The third-order valence-corrected chi connectivity index (χ3v) is 4.05. The predicted molar refractivity (Wildman–Crippen MR) is 70.8 cm³/mol. The highest BCUT2D eigenvalue weighted by Crippen LogP contribution is 2.36. The van der Waals surface area contributed by atoms with E-state index in [1.807, 2.05) is 0 Å². The minimum Gasteiger partial charge on any atom is -0.481 e. The van der Waals surface area contributed by atoms with E-state index in [2.05, 4.69) is 19.2 Å². The van der Waals surface area contributed by atoms with Crippen LogP contribution in [0, 0.1) is 11.3 Å². The van der Waals surface area contributed by atoms with Crippen molar-refractivity contribution in [3.8, 4) is 0 Å². The van der Waals surface area contributed by atoms with E-state index in [9.17, 15) is 14.7 Å². The van der Waals surface area contributed by atoms with Gasteiger partial charge in [-0.3, -0.25) is 4.79 Å². The Morgan fingerprint density at radius 2 is 2.11 bits per heavy atom. The molecule has 6 nitrogen and oxygen atoms in total. The second-order valence-corrected chi connectivity index (χ2v) is 5.58. The Balaban J connectivity index is 2.54. The van der Waals surface area contributed by atoms with Gasteiger partial charge in [0.05, 0.1) is 13.0 Å². The van der Waals surface area contributed by atoms with Crippen molar-refractivity contribution in [2.24, 2.45) is 11.3 Å². The summed E-state index contributed by atoms with van der Waals surface area (Å²) in [6.07, 6.45) is 1.71. The van der Waals surface area contributed by atoms with Crippen molar-refractivity contribution in [3.63, 3.8) is 0 Å². The SMILES string of the molecule is CC(C)C1(CO)CCCN(C(=O)NCCC(=O)O)C1. The van der Waals surface area contributed by atoms with Crippen LogP contribution in [0.2, 0.25) is 0 Å². The van der Waals surface area contributed by atoms with E-state index < -0.39 is 5.97 Å². The van der Waals surface area contributed by atoms with Crippen LogP contribution < -0.4 is 5.32 Å². The summed E-state index contributed by atoms with van der Waals surface area (Å²) in [6.45, 7) is 5.51. The summed E-state index contributed by atoms with van der Waals surface area (Å²) >= 11 is 0. The van der Waals surface area contributed by atoms with E-state index in [0.29, 0.717) is 19.0 Å². The van der Waals surface area contributed by atoms with Gasteiger partial charge in [0.2, 0.25) is 0 Å². The first-order valence-electron chi connectivity index (χ1n) is 6.77. The van der Waals surface area contributed by atoms with Gasteiger partial charge in [-0.1, -0.05) is 13.8 Å². The second kappa shape index (κ2) is 6.75. The largest absolute Gasteiger partial charge is 0.481 e. The molecule has 3 N–H and O–H groups in total. The Hall–Kier alpha value is -1.30. The van der Waals surface area contributed by atoms with Crippen molar-refractivity contribution >= 4 is 12.0 Å². The minimum atomic E-state index is -0.925. The number of nitrogens with one attached hydrogen (secondary N) is 1. The van der Waals surface area contributed by atoms with Gasteiger partial charge in [-0.25, -0.2) is 4.79 Å². The number of urea groups is 1. The van der Waals surface area contributed by atoms with E-state index in [1.54, 1.807) is 4.90 Å². The molecule has 0 bridgehead atoms. The first-order chi connectivity index (χ1) is 8.91. The van der Waals surface area contributed by atoms with Gasteiger partial charge in [-0.15, -0.1) is 0 Å². The Labute approximate surface area is 113 Å². The van der Waals surface area contributed by atoms with Crippen molar-refractivity contribution in [3.05, 3.63) is 0 Å². The molecule has 0 saturated carbocycles. The number of likely N-dealkylation sites (tertiary alicyclic amines) is 1. The number of amides is 2. The molecule has 0 radical (unpaired) electrons. The molecule has 1 atom stereocenters. The molecule has 19 heavy (non-hydrogen) atoms. The smallest absolute Gasteiger partial charge is 0.317 e. The van der Waals surface area contributed by atoms with Gasteiger partial charge < -0.3 is 20.4 Å². The molecule has 0 aromatic carbocycles.